The molecule has 0 radical (unpaired) electrons. The average molecular weight is 382 g/mol. The summed E-state index contributed by atoms with van der Waals surface area (Å²) < 4.78 is 11.8. The molecule has 4 rings (SSSR count). The van der Waals surface area contributed by atoms with E-state index in [-0.39, 0.29) is 6.10 Å². The van der Waals surface area contributed by atoms with Gasteiger partial charge in [-0.05, 0) is 24.1 Å². The summed E-state index contributed by atoms with van der Waals surface area (Å²) in [5, 5.41) is 8.91. The summed E-state index contributed by atoms with van der Waals surface area (Å²) in [4.78, 5) is 2.47. The number of aromatic nitrogens is 2. The maximum absolute atomic E-state index is 6.03. The van der Waals surface area contributed by atoms with E-state index in [2.05, 4.69) is 45.4 Å². The first kappa shape index (κ1) is 18.2. The van der Waals surface area contributed by atoms with Gasteiger partial charge in [-0.25, -0.2) is 0 Å². The lowest BCUT2D eigenvalue weighted by Crippen LogP contribution is -2.32. The third-order valence-electron chi connectivity index (χ3n) is 4.50. The first-order chi connectivity index (χ1) is 13.4. The van der Waals surface area contributed by atoms with Crippen LogP contribution in [-0.4, -0.2) is 46.7 Å². The Morgan fingerprint density at radius 1 is 1.00 bits per heavy atom. The van der Waals surface area contributed by atoms with Gasteiger partial charge >= 0.3 is 0 Å². The number of ether oxygens (including phenoxy) is 1. The summed E-state index contributed by atoms with van der Waals surface area (Å²) in [6.45, 7) is 3.75. The van der Waals surface area contributed by atoms with Crippen molar-refractivity contribution in [3.05, 3.63) is 66.2 Å². The van der Waals surface area contributed by atoms with E-state index < -0.39 is 0 Å². The van der Waals surface area contributed by atoms with Gasteiger partial charge in [0.2, 0.25) is 5.89 Å². The molecule has 0 aliphatic carbocycles. The normalized spacial score (nSPS) is 18.3. The van der Waals surface area contributed by atoms with Gasteiger partial charge in [0, 0.05) is 37.6 Å². The van der Waals surface area contributed by atoms with Crippen molar-refractivity contribution in [3.63, 3.8) is 0 Å². The summed E-state index contributed by atoms with van der Waals surface area (Å²) in [6, 6.07) is 20.4. The van der Waals surface area contributed by atoms with Crippen LogP contribution in [0.4, 0.5) is 0 Å². The van der Waals surface area contributed by atoms with Gasteiger partial charge in [-0.15, -0.1) is 10.2 Å². The van der Waals surface area contributed by atoms with Crippen molar-refractivity contribution in [1.82, 2.24) is 15.1 Å². The van der Waals surface area contributed by atoms with E-state index in [1.165, 1.54) is 5.56 Å². The van der Waals surface area contributed by atoms with E-state index in [1.807, 2.05) is 30.3 Å². The van der Waals surface area contributed by atoms with Crippen LogP contribution in [0.5, 0.6) is 0 Å². The maximum Gasteiger partial charge on any atom is 0.276 e. The molecule has 140 valence electrons. The maximum atomic E-state index is 6.03. The van der Waals surface area contributed by atoms with Crippen molar-refractivity contribution in [3.8, 4) is 11.5 Å². The third kappa shape index (κ3) is 5.19. The van der Waals surface area contributed by atoms with Gasteiger partial charge in [0.1, 0.15) is 0 Å². The Morgan fingerprint density at radius 2 is 1.78 bits per heavy atom. The molecule has 5 nitrogen and oxygen atoms in total. The van der Waals surface area contributed by atoms with Gasteiger partial charge in [0.15, 0.2) is 0 Å². The Morgan fingerprint density at radius 3 is 2.59 bits per heavy atom. The Bertz CT molecular complexity index is 826. The molecule has 0 N–H and O–H groups in total. The predicted molar refractivity (Wildman–Crippen MR) is 107 cm³/mol. The van der Waals surface area contributed by atoms with E-state index in [4.69, 9.17) is 9.15 Å². The molecule has 2 aromatic carbocycles. The number of rotatable bonds is 6. The highest BCUT2D eigenvalue weighted by atomic mass is 32.2. The van der Waals surface area contributed by atoms with Gasteiger partial charge in [-0.3, -0.25) is 4.90 Å². The molecule has 1 aliphatic heterocycles. The summed E-state index contributed by atoms with van der Waals surface area (Å²) in [5.41, 5.74) is 2.28. The monoisotopic (exact) mass is 381 g/mol. The van der Waals surface area contributed by atoms with Gasteiger partial charge in [-0.1, -0.05) is 60.3 Å². The molecule has 0 saturated carbocycles. The summed E-state index contributed by atoms with van der Waals surface area (Å²) in [7, 11) is 0. The van der Waals surface area contributed by atoms with E-state index in [1.54, 1.807) is 11.8 Å². The fourth-order valence-electron chi connectivity index (χ4n) is 3.19. The standard InChI is InChI=1S/C21H23N3O2S/c1-3-8-17(9-4-1)14-24-12-7-13-25-19(15-24)16-27-21-23-22-20(26-21)18-10-5-2-6-11-18/h1-6,8-11,19H,7,12-16H2/t19-/m0/s1. The molecule has 1 aliphatic rings. The van der Waals surface area contributed by atoms with E-state index in [9.17, 15) is 0 Å². The molecule has 1 aromatic heterocycles. The predicted octanol–water partition coefficient (Wildman–Crippen LogP) is 4.12. The molecule has 0 spiro atoms. The minimum Gasteiger partial charge on any atom is -0.411 e. The van der Waals surface area contributed by atoms with Gasteiger partial charge in [-0.2, -0.15) is 0 Å². The van der Waals surface area contributed by atoms with Crippen molar-refractivity contribution in [1.29, 1.82) is 0 Å². The van der Waals surface area contributed by atoms with Crippen molar-refractivity contribution < 1.29 is 9.15 Å². The summed E-state index contributed by atoms with van der Waals surface area (Å²) in [5.74, 6) is 1.37. The van der Waals surface area contributed by atoms with Gasteiger partial charge in [0.05, 0.1) is 6.10 Å². The molecular formula is C21H23N3O2S. The minimum atomic E-state index is 0.160. The molecule has 1 atom stereocenters. The molecule has 0 bridgehead atoms. The van der Waals surface area contributed by atoms with Crippen molar-refractivity contribution in [2.75, 3.05) is 25.4 Å². The van der Waals surface area contributed by atoms with E-state index >= 15 is 0 Å². The van der Waals surface area contributed by atoms with Crippen LogP contribution < -0.4 is 0 Å². The largest absolute Gasteiger partial charge is 0.411 e. The number of hydrogen-bond acceptors (Lipinski definition) is 6. The number of benzene rings is 2. The highest BCUT2D eigenvalue weighted by Crippen LogP contribution is 2.24. The molecule has 27 heavy (non-hydrogen) atoms. The summed E-state index contributed by atoms with van der Waals surface area (Å²) in [6.07, 6.45) is 1.22. The van der Waals surface area contributed by atoms with Crippen LogP contribution in [0, 0.1) is 0 Å². The van der Waals surface area contributed by atoms with Crippen LogP contribution in [0.25, 0.3) is 11.5 Å². The average Bonchev–Trinajstić information content (AvgIpc) is 3.08. The summed E-state index contributed by atoms with van der Waals surface area (Å²) >= 11 is 1.57. The third-order valence-corrected chi connectivity index (χ3v) is 5.45. The minimum absolute atomic E-state index is 0.160. The molecule has 1 saturated heterocycles. The van der Waals surface area contributed by atoms with E-state index in [0.717, 1.165) is 44.0 Å². The lowest BCUT2D eigenvalue weighted by molar-refractivity contribution is 0.0699. The fraction of sp³-hybridized carbons (Fsp3) is 0.333. The quantitative estimate of drug-likeness (QED) is 0.599. The SMILES string of the molecule is c1ccc(CN2CCCO[C@H](CSc3nnc(-c4ccccc4)o3)C2)cc1. The zero-order valence-corrected chi connectivity index (χ0v) is 16.0. The second-order valence-electron chi connectivity index (χ2n) is 6.62. The van der Waals surface area contributed by atoms with Crippen molar-refractivity contribution in [2.24, 2.45) is 0 Å². The van der Waals surface area contributed by atoms with Crippen LogP contribution in [0.1, 0.15) is 12.0 Å². The fourth-order valence-corrected chi connectivity index (χ4v) is 3.95. The Hall–Kier alpha value is -2.15. The first-order valence-corrected chi connectivity index (χ1v) is 10.2. The number of thioether (sulfide) groups is 1. The van der Waals surface area contributed by atoms with Crippen LogP contribution >= 0.6 is 11.8 Å². The number of hydrogen-bond donors (Lipinski definition) is 0. The van der Waals surface area contributed by atoms with Gasteiger partial charge in [0.25, 0.3) is 5.22 Å². The Kier molecular flexibility index (Phi) is 6.19. The second-order valence-corrected chi connectivity index (χ2v) is 7.59. The van der Waals surface area contributed by atoms with Crippen LogP contribution in [0.15, 0.2) is 70.3 Å². The van der Waals surface area contributed by atoms with Crippen molar-refractivity contribution in [2.45, 2.75) is 24.3 Å². The molecule has 3 aromatic rings. The smallest absolute Gasteiger partial charge is 0.276 e. The van der Waals surface area contributed by atoms with E-state index in [0.29, 0.717) is 11.1 Å². The number of nitrogens with zero attached hydrogens (tertiary/aromatic N) is 3. The molecule has 0 unspecified atom stereocenters. The van der Waals surface area contributed by atoms with Gasteiger partial charge < -0.3 is 9.15 Å². The highest BCUT2D eigenvalue weighted by Gasteiger charge is 2.20. The van der Waals surface area contributed by atoms with Crippen molar-refractivity contribution >= 4 is 11.8 Å². The Labute approximate surface area is 163 Å². The zero-order valence-electron chi connectivity index (χ0n) is 15.2. The highest BCUT2D eigenvalue weighted by molar-refractivity contribution is 7.99. The molecular weight excluding hydrogens is 358 g/mol. The first-order valence-electron chi connectivity index (χ1n) is 9.26. The lowest BCUT2D eigenvalue weighted by atomic mass is 10.2. The zero-order chi connectivity index (χ0) is 18.3. The molecule has 1 fully saturated rings. The lowest BCUT2D eigenvalue weighted by Gasteiger charge is -2.23. The van der Waals surface area contributed by atoms with Crippen LogP contribution in [-0.2, 0) is 11.3 Å². The topological polar surface area (TPSA) is 51.4 Å². The molecule has 2 heterocycles. The molecule has 6 heteroatoms. The second kappa shape index (κ2) is 9.17. The molecule has 0 amide bonds. The van der Waals surface area contributed by atoms with Crippen LogP contribution in [0.2, 0.25) is 0 Å². The van der Waals surface area contributed by atoms with Crippen LogP contribution in [0.3, 0.4) is 0 Å². The Balaban J connectivity index is 1.33.